The van der Waals surface area contributed by atoms with Gasteiger partial charge in [0.15, 0.2) is 0 Å². The van der Waals surface area contributed by atoms with Crippen LogP contribution in [0.1, 0.15) is 48.3 Å². The number of rotatable bonds is 3. The average Bonchev–Trinajstić information content (AvgIpc) is 2.62. The van der Waals surface area contributed by atoms with E-state index in [4.69, 9.17) is 0 Å². The Morgan fingerprint density at radius 2 is 2.00 bits per heavy atom. The number of carboxylic acid groups (broad SMARTS) is 1. The van der Waals surface area contributed by atoms with Gasteiger partial charge in [0.25, 0.3) is 0 Å². The fourth-order valence-corrected chi connectivity index (χ4v) is 2.47. The van der Waals surface area contributed by atoms with Crippen LogP contribution in [0.4, 0.5) is 0 Å². The normalized spacial score (nSPS) is 11.4. The lowest BCUT2D eigenvalue weighted by Crippen LogP contribution is -2.05. The second-order valence-electron chi connectivity index (χ2n) is 5.00. The molecule has 0 amide bonds. The van der Waals surface area contributed by atoms with Crippen molar-refractivity contribution in [2.45, 2.75) is 40.2 Å². The third kappa shape index (κ3) is 1.90. The maximum atomic E-state index is 11.5. The quantitative estimate of drug-likeness (QED) is 0.893. The molecule has 0 aliphatic carbocycles. The predicted molar refractivity (Wildman–Crippen MR) is 73.4 cm³/mol. The van der Waals surface area contributed by atoms with E-state index in [1.54, 1.807) is 6.07 Å². The molecule has 3 heteroatoms. The predicted octanol–water partition coefficient (Wildman–Crippen LogP) is 3.79. The highest BCUT2D eigenvalue weighted by atomic mass is 16.4. The molecule has 0 aliphatic rings. The Balaban J connectivity index is 2.86. The molecule has 96 valence electrons. The number of aryl methyl sites for hydroxylation is 2. The van der Waals surface area contributed by atoms with Crippen molar-refractivity contribution < 1.29 is 9.90 Å². The molecule has 0 radical (unpaired) electrons. The first kappa shape index (κ1) is 12.7. The van der Waals surface area contributed by atoms with E-state index in [0.29, 0.717) is 11.5 Å². The molecule has 1 aromatic carbocycles. The van der Waals surface area contributed by atoms with Crippen LogP contribution in [0.25, 0.3) is 10.9 Å². The molecule has 0 spiro atoms. The van der Waals surface area contributed by atoms with Gasteiger partial charge in [0.05, 0.1) is 11.1 Å². The van der Waals surface area contributed by atoms with Crippen LogP contribution >= 0.6 is 0 Å². The fraction of sp³-hybridized carbons (Fsp3) is 0.400. The third-order valence-electron chi connectivity index (χ3n) is 3.44. The van der Waals surface area contributed by atoms with Gasteiger partial charge in [-0.15, -0.1) is 0 Å². The van der Waals surface area contributed by atoms with Crippen molar-refractivity contribution in [2.24, 2.45) is 0 Å². The van der Waals surface area contributed by atoms with Crippen LogP contribution in [-0.2, 0) is 6.54 Å². The SMILES string of the molecule is CCn1c(C)cc2cc(C(C)C)cc(C(=O)O)c21. The summed E-state index contributed by atoms with van der Waals surface area (Å²) >= 11 is 0. The fourth-order valence-electron chi connectivity index (χ4n) is 2.47. The largest absolute Gasteiger partial charge is 0.478 e. The van der Waals surface area contributed by atoms with E-state index in [-0.39, 0.29) is 0 Å². The van der Waals surface area contributed by atoms with E-state index in [1.165, 1.54) is 0 Å². The minimum Gasteiger partial charge on any atom is -0.478 e. The van der Waals surface area contributed by atoms with Gasteiger partial charge in [0.2, 0.25) is 0 Å². The Morgan fingerprint density at radius 1 is 1.33 bits per heavy atom. The van der Waals surface area contributed by atoms with Crippen molar-refractivity contribution in [3.63, 3.8) is 0 Å². The maximum Gasteiger partial charge on any atom is 0.337 e. The van der Waals surface area contributed by atoms with Gasteiger partial charge in [-0.05, 0) is 43.5 Å². The van der Waals surface area contributed by atoms with E-state index in [1.807, 2.05) is 13.8 Å². The van der Waals surface area contributed by atoms with Crippen molar-refractivity contribution in [3.8, 4) is 0 Å². The van der Waals surface area contributed by atoms with Gasteiger partial charge in [-0.25, -0.2) is 4.79 Å². The van der Waals surface area contributed by atoms with Gasteiger partial charge in [-0.2, -0.15) is 0 Å². The van der Waals surface area contributed by atoms with Crippen LogP contribution in [-0.4, -0.2) is 15.6 Å². The van der Waals surface area contributed by atoms with Gasteiger partial charge >= 0.3 is 5.97 Å². The molecular weight excluding hydrogens is 226 g/mol. The molecule has 0 saturated carbocycles. The molecule has 3 nitrogen and oxygen atoms in total. The summed E-state index contributed by atoms with van der Waals surface area (Å²) in [4.78, 5) is 11.5. The summed E-state index contributed by atoms with van der Waals surface area (Å²) in [6.45, 7) is 9.00. The summed E-state index contributed by atoms with van der Waals surface area (Å²) in [5, 5.41) is 10.4. The Morgan fingerprint density at radius 3 is 2.50 bits per heavy atom. The summed E-state index contributed by atoms with van der Waals surface area (Å²) in [5.74, 6) is -0.520. The number of benzene rings is 1. The van der Waals surface area contributed by atoms with E-state index < -0.39 is 5.97 Å². The van der Waals surface area contributed by atoms with Crippen LogP contribution in [0.15, 0.2) is 18.2 Å². The number of aromatic nitrogens is 1. The summed E-state index contributed by atoms with van der Waals surface area (Å²) < 4.78 is 2.06. The molecule has 2 rings (SSSR count). The number of carboxylic acids is 1. The number of hydrogen-bond donors (Lipinski definition) is 1. The van der Waals surface area contributed by atoms with Gasteiger partial charge in [0.1, 0.15) is 0 Å². The molecule has 0 unspecified atom stereocenters. The monoisotopic (exact) mass is 245 g/mol. The zero-order valence-electron chi connectivity index (χ0n) is 11.3. The zero-order valence-corrected chi connectivity index (χ0v) is 11.3. The van der Waals surface area contributed by atoms with Crippen LogP contribution in [0.5, 0.6) is 0 Å². The Labute approximate surface area is 107 Å². The summed E-state index contributed by atoms with van der Waals surface area (Å²) in [7, 11) is 0. The zero-order chi connectivity index (χ0) is 13.4. The van der Waals surface area contributed by atoms with E-state index in [9.17, 15) is 9.90 Å². The van der Waals surface area contributed by atoms with Gasteiger partial charge in [-0.3, -0.25) is 0 Å². The summed E-state index contributed by atoms with van der Waals surface area (Å²) in [5.41, 5.74) is 3.43. The molecule has 1 N–H and O–H groups in total. The van der Waals surface area contributed by atoms with Crippen molar-refractivity contribution in [2.75, 3.05) is 0 Å². The van der Waals surface area contributed by atoms with Crippen molar-refractivity contribution in [1.82, 2.24) is 4.57 Å². The standard InChI is InChI=1S/C15H19NO2/c1-5-16-10(4)6-12-7-11(9(2)3)8-13(14(12)16)15(17)18/h6-9H,5H2,1-4H3,(H,17,18). The number of aromatic carboxylic acids is 1. The maximum absolute atomic E-state index is 11.5. The van der Waals surface area contributed by atoms with Gasteiger partial charge in [-0.1, -0.05) is 13.8 Å². The van der Waals surface area contributed by atoms with Crippen molar-refractivity contribution in [3.05, 3.63) is 35.0 Å². The average molecular weight is 245 g/mol. The number of hydrogen-bond acceptors (Lipinski definition) is 1. The first-order valence-electron chi connectivity index (χ1n) is 6.32. The number of fused-ring (bicyclic) bond motifs is 1. The molecule has 0 atom stereocenters. The lowest BCUT2D eigenvalue weighted by atomic mass is 9.98. The minimum absolute atomic E-state index is 0.331. The molecule has 0 fully saturated rings. The van der Waals surface area contributed by atoms with Crippen LogP contribution < -0.4 is 0 Å². The molecule has 1 heterocycles. The molecule has 0 saturated heterocycles. The second kappa shape index (κ2) is 4.48. The molecule has 18 heavy (non-hydrogen) atoms. The third-order valence-corrected chi connectivity index (χ3v) is 3.44. The lowest BCUT2D eigenvalue weighted by molar-refractivity contribution is 0.0698. The van der Waals surface area contributed by atoms with E-state index in [2.05, 4.69) is 30.5 Å². The minimum atomic E-state index is -0.852. The van der Waals surface area contributed by atoms with Crippen LogP contribution in [0, 0.1) is 6.92 Å². The molecule has 2 aromatic rings. The first-order chi connectivity index (χ1) is 8.45. The Kier molecular flexibility index (Phi) is 3.16. The smallest absolute Gasteiger partial charge is 0.337 e. The molecule has 0 bridgehead atoms. The van der Waals surface area contributed by atoms with Crippen molar-refractivity contribution in [1.29, 1.82) is 0 Å². The van der Waals surface area contributed by atoms with Gasteiger partial charge in [0, 0.05) is 17.6 Å². The Bertz CT molecular complexity index is 608. The topological polar surface area (TPSA) is 42.2 Å². The van der Waals surface area contributed by atoms with Crippen molar-refractivity contribution >= 4 is 16.9 Å². The first-order valence-corrected chi connectivity index (χ1v) is 6.32. The Hall–Kier alpha value is -1.77. The molecule has 0 aliphatic heterocycles. The van der Waals surface area contributed by atoms with Crippen LogP contribution in [0.3, 0.4) is 0 Å². The summed E-state index contributed by atoms with van der Waals surface area (Å²) in [6, 6.07) is 5.98. The number of nitrogens with zero attached hydrogens (tertiary/aromatic N) is 1. The molecular formula is C15H19NO2. The van der Waals surface area contributed by atoms with Gasteiger partial charge < -0.3 is 9.67 Å². The van der Waals surface area contributed by atoms with E-state index in [0.717, 1.165) is 28.7 Å². The summed E-state index contributed by atoms with van der Waals surface area (Å²) in [6.07, 6.45) is 0. The number of carbonyl (C=O) groups is 1. The van der Waals surface area contributed by atoms with E-state index >= 15 is 0 Å². The second-order valence-corrected chi connectivity index (χ2v) is 5.00. The lowest BCUT2D eigenvalue weighted by Gasteiger charge is -2.11. The highest BCUT2D eigenvalue weighted by Crippen LogP contribution is 2.28. The highest BCUT2D eigenvalue weighted by molar-refractivity contribution is 6.03. The van der Waals surface area contributed by atoms with Crippen LogP contribution in [0.2, 0.25) is 0 Å². The molecule has 1 aromatic heterocycles. The highest BCUT2D eigenvalue weighted by Gasteiger charge is 2.16.